The number of ether oxygens (including phenoxy) is 5. The Kier molecular flexibility index (Phi) is 22.1. The number of hydrogen-bond donors (Lipinski definition) is 2. The number of fused-ring (bicyclic) bond motifs is 6. The summed E-state index contributed by atoms with van der Waals surface area (Å²) in [5, 5.41) is 11.8. The predicted molar refractivity (Wildman–Crippen MR) is 343 cm³/mol. The molecule has 438 valence electrons. The molecule has 2 N–H and O–H groups in total. The van der Waals surface area contributed by atoms with Crippen LogP contribution in [0.25, 0.3) is 33.4 Å². The second kappa shape index (κ2) is 30.2. The smallest absolute Gasteiger partial charge is 0.492 e. The summed E-state index contributed by atoms with van der Waals surface area (Å²) < 4.78 is 41.8. The highest BCUT2D eigenvalue weighted by molar-refractivity contribution is 8.76. The number of aliphatic hydroxyl groups is 1. The molecule has 2 unspecified atom stereocenters. The Morgan fingerprint density at radius 1 is 0.635 bits per heavy atom. The van der Waals surface area contributed by atoms with Crippen molar-refractivity contribution in [3.8, 4) is 33.8 Å². The minimum Gasteiger partial charge on any atom is -0.492 e. The first kappa shape index (κ1) is 62.3. The molecule has 85 heavy (non-hydrogen) atoms. The van der Waals surface area contributed by atoms with Gasteiger partial charge in [-0.2, -0.15) is 0 Å². The van der Waals surface area contributed by atoms with Crippen molar-refractivity contribution in [1.29, 1.82) is 0 Å². The van der Waals surface area contributed by atoms with Gasteiger partial charge in [-0.05, 0) is 132 Å². The average Bonchev–Trinajstić information content (AvgIpc) is 2.05. The topological polar surface area (TPSA) is 150 Å². The second-order valence-corrected chi connectivity index (χ2v) is 26.8. The number of allylic oxidation sites excluding steroid dienone is 1. The molecule has 17 heteroatoms. The summed E-state index contributed by atoms with van der Waals surface area (Å²) in [4.78, 5) is 38.7. The Balaban J connectivity index is 0.000000221. The van der Waals surface area contributed by atoms with Gasteiger partial charge >= 0.3 is 18.2 Å². The summed E-state index contributed by atoms with van der Waals surface area (Å²) >= 11 is 12.0. The van der Waals surface area contributed by atoms with Gasteiger partial charge in [-0.15, -0.1) is 11.6 Å². The van der Waals surface area contributed by atoms with Gasteiger partial charge in [0.15, 0.2) is 0 Å². The number of halogens is 2. The quantitative estimate of drug-likeness (QED) is 0.0119. The first-order valence-corrected chi connectivity index (χ1v) is 33.7. The number of benzene rings is 8. The van der Waals surface area contributed by atoms with Crippen LogP contribution in [-0.2, 0) is 30.2 Å². The summed E-state index contributed by atoms with van der Waals surface area (Å²) in [6, 6.07) is 65.1. The number of esters is 1. The number of hydrogen-bond acceptors (Lipinski definition) is 12. The van der Waals surface area contributed by atoms with Crippen molar-refractivity contribution >= 4 is 80.4 Å². The molecule has 2 aliphatic rings. The number of alkyl halides is 1. The van der Waals surface area contributed by atoms with Crippen molar-refractivity contribution in [3.63, 3.8) is 0 Å². The zero-order valence-corrected chi connectivity index (χ0v) is 51.3. The third-order valence-corrected chi connectivity index (χ3v) is 19.3. The van der Waals surface area contributed by atoms with Crippen LogP contribution in [0.4, 0.5) is 9.59 Å². The van der Waals surface area contributed by atoms with E-state index >= 15 is 0 Å². The van der Waals surface area contributed by atoms with Crippen molar-refractivity contribution in [2.45, 2.75) is 42.7 Å². The number of nitrogens with one attached hydrogen (secondary N) is 1. The van der Waals surface area contributed by atoms with E-state index < -0.39 is 30.9 Å². The van der Waals surface area contributed by atoms with Crippen LogP contribution in [0.2, 0.25) is 0 Å². The molecular formula is C68H65Cl2N2O10PS2. The molecule has 0 aliphatic heterocycles. The molecule has 10 rings (SSSR count). The van der Waals surface area contributed by atoms with Crippen molar-refractivity contribution in [2.75, 3.05) is 58.3 Å². The van der Waals surface area contributed by atoms with Crippen LogP contribution in [0, 0.1) is 0 Å². The fraction of sp³-hybridized carbons (Fsp3) is 0.221. The van der Waals surface area contributed by atoms with Crippen LogP contribution in [0.5, 0.6) is 11.5 Å². The highest BCUT2D eigenvalue weighted by Gasteiger charge is 2.32. The van der Waals surface area contributed by atoms with E-state index in [1.807, 2.05) is 127 Å². The van der Waals surface area contributed by atoms with Gasteiger partial charge < -0.3 is 34.1 Å². The number of alkyl carbamates (subject to hydrolysis) is 1. The van der Waals surface area contributed by atoms with E-state index in [0.29, 0.717) is 42.8 Å². The monoisotopic (exact) mass is 1230 g/mol. The lowest BCUT2D eigenvalue weighted by molar-refractivity contribution is -0.142. The summed E-state index contributed by atoms with van der Waals surface area (Å²) in [5.74, 6) is 1.09. The van der Waals surface area contributed by atoms with E-state index in [1.165, 1.54) is 52.1 Å². The molecule has 1 amide bonds. The molecule has 12 nitrogen and oxygen atoms in total. The fourth-order valence-electron chi connectivity index (χ4n) is 10.6. The van der Waals surface area contributed by atoms with Gasteiger partial charge in [0.2, 0.25) is 6.65 Å². The van der Waals surface area contributed by atoms with Gasteiger partial charge in [-0.25, -0.2) is 19.1 Å². The first-order chi connectivity index (χ1) is 41.4. The molecule has 0 aromatic heterocycles. The molecule has 0 spiro atoms. The fourth-order valence-corrected chi connectivity index (χ4v) is 14.4. The lowest BCUT2D eigenvalue weighted by atomic mass is 9.88. The number of amides is 1. The maximum absolute atomic E-state index is 12.9. The molecule has 2 atom stereocenters. The molecule has 2 aliphatic carbocycles. The minimum absolute atomic E-state index is 0.00738. The zero-order valence-electron chi connectivity index (χ0n) is 47.2. The third-order valence-electron chi connectivity index (χ3n) is 14.7. The Morgan fingerprint density at radius 2 is 1.13 bits per heavy atom. The summed E-state index contributed by atoms with van der Waals surface area (Å²) in [6.45, 7) is 2.20. The third kappa shape index (κ3) is 16.0. The Hall–Kier alpha value is -7.26. The lowest BCUT2D eigenvalue weighted by Gasteiger charge is -2.23. The van der Waals surface area contributed by atoms with E-state index in [0.717, 1.165) is 72.5 Å². The number of carbonyl (C=O) groups excluding carboxylic acids is 3. The van der Waals surface area contributed by atoms with Gasteiger partial charge in [0.1, 0.15) is 37.4 Å². The van der Waals surface area contributed by atoms with Gasteiger partial charge in [0.25, 0.3) is 0 Å². The van der Waals surface area contributed by atoms with Crippen LogP contribution in [0.1, 0.15) is 69.7 Å². The van der Waals surface area contributed by atoms with Crippen LogP contribution in [0.15, 0.2) is 205 Å². The van der Waals surface area contributed by atoms with E-state index in [9.17, 15) is 18.9 Å². The highest BCUT2D eigenvalue weighted by atomic mass is 35.7. The molecular weight excluding hydrogens is 1170 g/mol. The largest absolute Gasteiger partial charge is 0.513 e. The van der Waals surface area contributed by atoms with Gasteiger partial charge in [0, 0.05) is 48.1 Å². The normalized spacial score (nSPS) is 13.5. The maximum atomic E-state index is 12.9. The Morgan fingerprint density at radius 3 is 1.61 bits per heavy atom. The minimum atomic E-state index is -2.95. The van der Waals surface area contributed by atoms with E-state index in [-0.39, 0.29) is 31.7 Å². The number of carbonyl (C=O) groups is 3. The first-order valence-electron chi connectivity index (χ1n) is 27.8. The van der Waals surface area contributed by atoms with E-state index in [2.05, 4.69) is 72.9 Å². The number of methoxy groups -OCH3 is 1. The Bertz CT molecular complexity index is 3550. The van der Waals surface area contributed by atoms with E-state index in [1.54, 1.807) is 16.8 Å². The molecule has 8 aromatic carbocycles. The molecule has 0 radical (unpaired) electrons. The van der Waals surface area contributed by atoms with Crippen LogP contribution in [0.3, 0.4) is 0 Å². The number of nitrogens with zero attached hydrogens (tertiary/aromatic N) is 1. The SMILES string of the molecule is CC/C(=C(/c1ccc(OCCN(CCCl)P(C)(=O)Cl)cc1)c1ccc(OC(=O)OCC2c3ccccc3-c3ccccc32)cc1)c1ccccc1.COC(=O)C(CSSc1ccc(CO)cc1)NC(=O)OCC1c2ccccc2-c2ccccc21. The average molecular weight is 1240 g/mol. The summed E-state index contributed by atoms with van der Waals surface area (Å²) in [7, 11) is 4.19. The predicted octanol–water partition coefficient (Wildman–Crippen LogP) is 16.4. The number of rotatable bonds is 23. The van der Waals surface area contributed by atoms with Crippen LogP contribution >= 0.6 is 51.1 Å². The van der Waals surface area contributed by atoms with Gasteiger partial charge in [-0.1, -0.05) is 192 Å². The standard InChI is InChI=1S/C42H40Cl2NO5P.C26H25NO5S2/c1-3-35(30-11-5-4-6-12-30)41(31-17-21-33(22-18-31)48-28-27-45(26-25-43)51(2,44)47)32-19-23-34(24-20-32)50-42(46)49-29-40-38-15-9-7-13-36(38)37-14-8-10-16-39(37)40;1-31-25(29)24(16-33-34-18-12-10-17(14-28)11-13-18)27-26(30)32-15-23-21-8-4-2-6-19(21)20-7-3-5-9-22(20)23/h4-24,40H,3,25-29H2,1-2H3;2-13,23-24,28H,14-16H2,1H3,(H,27,30)/b41-35+;. The summed E-state index contributed by atoms with van der Waals surface area (Å²) in [5.41, 5.74) is 15.4. The maximum Gasteiger partial charge on any atom is 0.513 e. The molecule has 0 fully saturated rings. The van der Waals surface area contributed by atoms with Gasteiger partial charge in [0.05, 0.1) is 13.7 Å². The highest BCUT2D eigenvalue weighted by Crippen LogP contribution is 2.51. The van der Waals surface area contributed by atoms with Crippen molar-refractivity contribution in [3.05, 3.63) is 245 Å². The molecule has 0 saturated carbocycles. The zero-order chi connectivity index (χ0) is 59.7. The number of aliphatic hydroxyl groups excluding tert-OH is 1. The second-order valence-electron chi connectivity index (χ2n) is 20.0. The van der Waals surface area contributed by atoms with Crippen LogP contribution in [-0.4, -0.2) is 92.4 Å². The molecule has 0 bridgehead atoms. The van der Waals surface area contributed by atoms with Gasteiger partial charge in [-0.3, -0.25) is 4.57 Å². The van der Waals surface area contributed by atoms with Crippen LogP contribution < -0.4 is 14.8 Å². The Labute approximate surface area is 514 Å². The molecule has 0 saturated heterocycles. The molecule has 0 heterocycles. The van der Waals surface area contributed by atoms with Crippen molar-refractivity contribution in [1.82, 2.24) is 9.99 Å². The summed E-state index contributed by atoms with van der Waals surface area (Å²) in [6.07, 6.45) is -0.607. The molecule has 8 aromatic rings. The van der Waals surface area contributed by atoms with Crippen molar-refractivity contribution < 1.29 is 47.7 Å². The lowest BCUT2D eigenvalue weighted by Crippen LogP contribution is -2.43. The van der Waals surface area contributed by atoms with Crippen molar-refractivity contribution in [2.24, 2.45) is 0 Å². The van der Waals surface area contributed by atoms with E-state index in [4.69, 9.17) is 51.6 Å².